The molecule has 1 N–H and O–H groups in total. The Kier molecular flexibility index (Phi) is 3.88. The van der Waals surface area contributed by atoms with Crippen molar-refractivity contribution in [2.75, 3.05) is 0 Å². The third-order valence-corrected chi connectivity index (χ3v) is 2.35. The molecule has 1 aromatic heterocycles. The van der Waals surface area contributed by atoms with E-state index in [4.69, 9.17) is 5.11 Å². The van der Waals surface area contributed by atoms with Crippen molar-refractivity contribution in [3.63, 3.8) is 0 Å². The van der Waals surface area contributed by atoms with Gasteiger partial charge in [0.2, 0.25) is 0 Å². The van der Waals surface area contributed by atoms with Gasteiger partial charge < -0.3 is 5.11 Å². The van der Waals surface area contributed by atoms with E-state index in [1.54, 1.807) is 0 Å². The van der Waals surface area contributed by atoms with Crippen molar-refractivity contribution in [3.05, 3.63) is 28.8 Å². The van der Waals surface area contributed by atoms with Gasteiger partial charge in [0, 0.05) is 17.1 Å². The molecule has 1 aromatic rings. The van der Waals surface area contributed by atoms with Gasteiger partial charge in [-0.1, -0.05) is 15.9 Å². The molecule has 0 saturated heterocycles. The Morgan fingerprint density at radius 3 is 2.57 bits per heavy atom. The number of aliphatic hydroxyl groups is 1. The topological polar surface area (TPSA) is 33.1 Å². The molecule has 1 rings (SSSR count). The second kappa shape index (κ2) is 4.75. The Hall–Kier alpha value is -0.620. The Morgan fingerprint density at radius 2 is 2.14 bits per heavy atom. The molecule has 0 aliphatic heterocycles. The van der Waals surface area contributed by atoms with E-state index in [9.17, 15) is 13.2 Å². The van der Waals surface area contributed by atoms with Crippen LogP contribution in [0.1, 0.15) is 23.2 Å². The number of hydrogen-bond donors (Lipinski definition) is 1. The van der Waals surface area contributed by atoms with Crippen molar-refractivity contribution in [2.24, 2.45) is 0 Å². The normalized spacial score (nSPS) is 11.0. The molecule has 6 heteroatoms. The second-order valence-corrected chi connectivity index (χ2v) is 3.11. The van der Waals surface area contributed by atoms with Crippen LogP contribution in [0.25, 0.3) is 0 Å². The van der Waals surface area contributed by atoms with Crippen molar-refractivity contribution in [3.8, 4) is 0 Å². The van der Waals surface area contributed by atoms with E-state index >= 15 is 0 Å². The number of hydrogen-bond acceptors (Lipinski definition) is 2. The highest BCUT2D eigenvalue weighted by Crippen LogP contribution is 2.25. The molecule has 0 radical (unpaired) electrons. The molecule has 0 unspecified atom stereocenters. The molecule has 0 fully saturated rings. The Labute approximate surface area is 86.9 Å². The van der Waals surface area contributed by atoms with E-state index in [1.165, 1.54) is 0 Å². The van der Waals surface area contributed by atoms with Gasteiger partial charge in [0.1, 0.15) is 5.69 Å². The van der Waals surface area contributed by atoms with Gasteiger partial charge in [-0.25, -0.2) is 13.2 Å². The van der Waals surface area contributed by atoms with Crippen molar-refractivity contribution in [1.82, 2.24) is 4.98 Å². The SMILES string of the molecule is OCc1c(CBr)cnc(C(F)F)c1F. The second-order valence-electron chi connectivity index (χ2n) is 2.55. The first-order valence-corrected chi connectivity index (χ1v) is 4.85. The zero-order valence-electron chi connectivity index (χ0n) is 6.98. The predicted octanol–water partition coefficient (Wildman–Crippen LogP) is 2.55. The number of rotatable bonds is 3. The summed E-state index contributed by atoms with van der Waals surface area (Å²) < 4.78 is 37.6. The van der Waals surface area contributed by atoms with Crippen LogP contribution in [0.4, 0.5) is 13.2 Å². The maximum absolute atomic E-state index is 13.2. The van der Waals surface area contributed by atoms with E-state index in [2.05, 4.69) is 20.9 Å². The van der Waals surface area contributed by atoms with Crippen LogP contribution in [0.5, 0.6) is 0 Å². The Bertz CT molecular complexity index is 333. The van der Waals surface area contributed by atoms with Crippen LogP contribution in [0.15, 0.2) is 6.20 Å². The van der Waals surface area contributed by atoms with Crippen molar-refractivity contribution >= 4 is 15.9 Å². The molecule has 0 spiro atoms. The maximum atomic E-state index is 13.2. The van der Waals surface area contributed by atoms with Crippen LogP contribution in [0.2, 0.25) is 0 Å². The first kappa shape index (κ1) is 11.5. The molecule has 0 bridgehead atoms. The summed E-state index contributed by atoms with van der Waals surface area (Å²) in [6.07, 6.45) is -1.84. The van der Waals surface area contributed by atoms with E-state index in [-0.39, 0.29) is 10.9 Å². The van der Waals surface area contributed by atoms with Crippen LogP contribution < -0.4 is 0 Å². The zero-order valence-corrected chi connectivity index (χ0v) is 8.56. The van der Waals surface area contributed by atoms with Crippen LogP contribution in [-0.4, -0.2) is 10.1 Å². The maximum Gasteiger partial charge on any atom is 0.283 e. The molecular weight excluding hydrogens is 263 g/mol. The van der Waals surface area contributed by atoms with Gasteiger partial charge in [-0.05, 0) is 5.56 Å². The molecule has 2 nitrogen and oxygen atoms in total. The average Bonchev–Trinajstić information content (AvgIpc) is 2.16. The van der Waals surface area contributed by atoms with Gasteiger partial charge in [0.15, 0.2) is 5.82 Å². The van der Waals surface area contributed by atoms with E-state index < -0.39 is 24.5 Å². The Balaban J connectivity index is 3.27. The molecule has 0 aliphatic rings. The van der Waals surface area contributed by atoms with Gasteiger partial charge >= 0.3 is 0 Å². The number of alkyl halides is 3. The van der Waals surface area contributed by atoms with Gasteiger partial charge in [0.25, 0.3) is 6.43 Å². The van der Waals surface area contributed by atoms with Gasteiger partial charge in [-0.15, -0.1) is 0 Å². The zero-order chi connectivity index (χ0) is 10.7. The summed E-state index contributed by atoms with van der Waals surface area (Å²) in [6, 6.07) is 0. The lowest BCUT2D eigenvalue weighted by atomic mass is 10.1. The minimum absolute atomic E-state index is 0.132. The van der Waals surface area contributed by atoms with Gasteiger partial charge in [-0.2, -0.15) is 0 Å². The molecule has 0 aliphatic carbocycles. The van der Waals surface area contributed by atoms with Crippen molar-refractivity contribution in [2.45, 2.75) is 18.4 Å². The van der Waals surface area contributed by atoms with Crippen LogP contribution in [-0.2, 0) is 11.9 Å². The number of aliphatic hydroxyl groups excluding tert-OH is 1. The lowest BCUT2D eigenvalue weighted by molar-refractivity contribution is 0.139. The fourth-order valence-corrected chi connectivity index (χ4v) is 1.50. The highest BCUT2D eigenvalue weighted by atomic mass is 79.9. The molecule has 0 atom stereocenters. The van der Waals surface area contributed by atoms with Crippen LogP contribution in [0, 0.1) is 5.82 Å². The standard InChI is InChI=1S/C8H7BrF3NO/c9-1-4-2-13-7(8(11)12)6(10)5(4)3-14/h2,8,14H,1,3H2. The third-order valence-electron chi connectivity index (χ3n) is 1.75. The number of aromatic nitrogens is 1. The molecule has 1 heterocycles. The minimum Gasteiger partial charge on any atom is -0.392 e. The average molecular weight is 270 g/mol. The smallest absolute Gasteiger partial charge is 0.283 e. The number of pyridine rings is 1. The molecule has 14 heavy (non-hydrogen) atoms. The minimum atomic E-state index is -2.97. The quantitative estimate of drug-likeness (QED) is 0.856. The largest absolute Gasteiger partial charge is 0.392 e. The van der Waals surface area contributed by atoms with Crippen molar-refractivity contribution < 1.29 is 18.3 Å². The predicted molar refractivity (Wildman–Crippen MR) is 47.7 cm³/mol. The highest BCUT2D eigenvalue weighted by molar-refractivity contribution is 9.08. The summed E-state index contributed by atoms with van der Waals surface area (Å²) in [7, 11) is 0. The molecule has 0 aromatic carbocycles. The fourth-order valence-electron chi connectivity index (χ4n) is 1.02. The molecule has 78 valence electrons. The summed E-state index contributed by atoms with van der Waals surface area (Å²) >= 11 is 3.04. The first-order valence-electron chi connectivity index (χ1n) is 3.73. The van der Waals surface area contributed by atoms with Gasteiger partial charge in [0.05, 0.1) is 6.61 Å². The third kappa shape index (κ3) is 2.06. The first-order chi connectivity index (χ1) is 6.61. The van der Waals surface area contributed by atoms with E-state index in [1.807, 2.05) is 0 Å². The fraction of sp³-hybridized carbons (Fsp3) is 0.375. The van der Waals surface area contributed by atoms with Crippen molar-refractivity contribution in [1.29, 1.82) is 0 Å². The van der Waals surface area contributed by atoms with Crippen LogP contribution >= 0.6 is 15.9 Å². The number of nitrogens with zero attached hydrogens (tertiary/aromatic N) is 1. The molecule has 0 saturated carbocycles. The Morgan fingerprint density at radius 1 is 1.50 bits per heavy atom. The summed E-state index contributed by atoms with van der Waals surface area (Å²) in [6.45, 7) is -0.616. The highest BCUT2D eigenvalue weighted by Gasteiger charge is 2.20. The molecular formula is C8H7BrF3NO. The van der Waals surface area contributed by atoms with Gasteiger partial charge in [-0.3, -0.25) is 4.98 Å². The van der Waals surface area contributed by atoms with E-state index in [0.717, 1.165) is 6.20 Å². The monoisotopic (exact) mass is 269 g/mol. The number of halogens is 4. The van der Waals surface area contributed by atoms with E-state index in [0.29, 0.717) is 5.56 Å². The molecule has 0 amide bonds. The van der Waals surface area contributed by atoms with Crippen LogP contribution in [0.3, 0.4) is 0 Å². The summed E-state index contributed by atoms with van der Waals surface area (Å²) in [5.74, 6) is -1.13. The summed E-state index contributed by atoms with van der Waals surface area (Å²) in [4.78, 5) is 3.29. The lowest BCUT2D eigenvalue weighted by Crippen LogP contribution is -2.04. The summed E-state index contributed by atoms with van der Waals surface area (Å²) in [5.41, 5.74) is -0.680. The summed E-state index contributed by atoms with van der Waals surface area (Å²) in [5, 5.41) is 9.06. The lowest BCUT2D eigenvalue weighted by Gasteiger charge is -2.08.